The molecule has 0 radical (unpaired) electrons. The van der Waals surface area contributed by atoms with E-state index in [0.717, 1.165) is 49.4 Å². The van der Waals surface area contributed by atoms with Gasteiger partial charge in [-0.1, -0.05) is 0 Å². The van der Waals surface area contributed by atoms with Crippen molar-refractivity contribution in [3.8, 4) is 0 Å². The monoisotopic (exact) mass is 378 g/mol. The van der Waals surface area contributed by atoms with Crippen molar-refractivity contribution in [1.29, 1.82) is 0 Å². The summed E-state index contributed by atoms with van der Waals surface area (Å²) >= 11 is 1.37. The number of aryl methyl sites for hydroxylation is 2. The van der Waals surface area contributed by atoms with Crippen LogP contribution in [-0.2, 0) is 22.4 Å². The van der Waals surface area contributed by atoms with Gasteiger partial charge in [0, 0.05) is 17.0 Å². The van der Waals surface area contributed by atoms with Crippen molar-refractivity contribution >= 4 is 34.6 Å². The zero-order chi connectivity index (χ0) is 18.7. The van der Waals surface area contributed by atoms with Crippen molar-refractivity contribution < 1.29 is 23.6 Å². The molecular weight excluding hydrogens is 363 g/mol. The number of thiophene rings is 1. The van der Waals surface area contributed by atoms with Gasteiger partial charge in [-0.2, -0.15) is 0 Å². The summed E-state index contributed by atoms with van der Waals surface area (Å²) < 4.78 is 18.6. The predicted octanol–water partition coefficient (Wildman–Crippen LogP) is 3.47. The number of ether oxygens (including phenoxy) is 1. The van der Waals surface area contributed by atoms with Gasteiger partial charge < -0.3 is 10.1 Å². The van der Waals surface area contributed by atoms with E-state index in [2.05, 4.69) is 5.32 Å². The lowest BCUT2D eigenvalue weighted by molar-refractivity contribution is -0.384. The van der Waals surface area contributed by atoms with E-state index in [9.17, 15) is 24.1 Å². The van der Waals surface area contributed by atoms with Crippen molar-refractivity contribution in [2.24, 2.45) is 0 Å². The third-order valence-electron chi connectivity index (χ3n) is 3.97. The summed E-state index contributed by atoms with van der Waals surface area (Å²) in [5, 5.41) is 12.9. The molecule has 9 heteroatoms. The van der Waals surface area contributed by atoms with E-state index in [-0.39, 0.29) is 11.4 Å². The highest BCUT2D eigenvalue weighted by atomic mass is 32.1. The summed E-state index contributed by atoms with van der Waals surface area (Å²) in [6, 6.07) is 4.57. The van der Waals surface area contributed by atoms with Gasteiger partial charge in [-0.25, -0.2) is 9.18 Å². The largest absolute Gasteiger partial charge is 0.451 e. The van der Waals surface area contributed by atoms with Gasteiger partial charge in [0.25, 0.3) is 11.6 Å². The summed E-state index contributed by atoms with van der Waals surface area (Å²) in [6.45, 7) is -0.608. The topological polar surface area (TPSA) is 98.5 Å². The van der Waals surface area contributed by atoms with E-state index in [4.69, 9.17) is 4.74 Å². The van der Waals surface area contributed by atoms with E-state index in [1.54, 1.807) is 6.07 Å². The lowest BCUT2D eigenvalue weighted by atomic mass is 9.99. The van der Waals surface area contributed by atoms with Crippen LogP contribution in [0.1, 0.15) is 33.0 Å². The zero-order valence-corrected chi connectivity index (χ0v) is 14.4. The van der Waals surface area contributed by atoms with Crippen molar-refractivity contribution in [2.75, 3.05) is 11.9 Å². The molecule has 0 saturated carbocycles. The maximum Gasteiger partial charge on any atom is 0.348 e. The molecule has 1 heterocycles. The molecule has 1 aliphatic rings. The molecule has 0 spiro atoms. The summed E-state index contributed by atoms with van der Waals surface area (Å²) in [7, 11) is 0. The molecule has 3 rings (SSSR count). The molecule has 136 valence electrons. The van der Waals surface area contributed by atoms with Crippen LogP contribution in [0.3, 0.4) is 0 Å². The molecule has 1 amide bonds. The average molecular weight is 378 g/mol. The Morgan fingerprint density at radius 3 is 2.77 bits per heavy atom. The molecule has 0 saturated heterocycles. The fourth-order valence-corrected chi connectivity index (χ4v) is 3.85. The van der Waals surface area contributed by atoms with Gasteiger partial charge in [0.15, 0.2) is 6.61 Å². The van der Waals surface area contributed by atoms with Crippen LogP contribution in [0.15, 0.2) is 24.3 Å². The number of carbonyl (C=O) groups is 2. The minimum absolute atomic E-state index is 0.341. The number of carbonyl (C=O) groups excluding carboxylic acids is 2. The van der Waals surface area contributed by atoms with E-state index in [0.29, 0.717) is 4.88 Å². The van der Waals surface area contributed by atoms with Crippen molar-refractivity contribution in [1.82, 2.24) is 0 Å². The molecule has 26 heavy (non-hydrogen) atoms. The predicted molar refractivity (Wildman–Crippen MR) is 92.9 cm³/mol. The van der Waals surface area contributed by atoms with Gasteiger partial charge in [-0.3, -0.25) is 14.9 Å². The Kier molecular flexibility index (Phi) is 5.27. The number of rotatable bonds is 5. The fourth-order valence-electron chi connectivity index (χ4n) is 2.70. The summed E-state index contributed by atoms with van der Waals surface area (Å²) in [4.78, 5) is 35.5. The molecular formula is C17H15FN2O5S. The smallest absolute Gasteiger partial charge is 0.348 e. The van der Waals surface area contributed by atoms with Crippen LogP contribution in [0.25, 0.3) is 0 Å². The summed E-state index contributed by atoms with van der Waals surface area (Å²) in [5.41, 5.74) is 0.450. The maximum atomic E-state index is 13.6. The van der Waals surface area contributed by atoms with Gasteiger partial charge in [0.05, 0.1) is 10.6 Å². The van der Waals surface area contributed by atoms with Gasteiger partial charge >= 0.3 is 5.97 Å². The number of benzene rings is 1. The first-order chi connectivity index (χ1) is 12.4. The number of nitro benzene ring substituents is 1. The Bertz CT molecular complexity index is 857. The van der Waals surface area contributed by atoms with Crippen molar-refractivity contribution in [2.45, 2.75) is 25.7 Å². The number of halogens is 1. The van der Waals surface area contributed by atoms with E-state index in [1.807, 2.05) is 0 Å². The molecule has 0 aliphatic heterocycles. The molecule has 1 aromatic carbocycles. The van der Waals surface area contributed by atoms with Gasteiger partial charge in [0.1, 0.15) is 10.7 Å². The van der Waals surface area contributed by atoms with E-state index < -0.39 is 29.2 Å². The second-order valence-corrected chi connectivity index (χ2v) is 6.95. The van der Waals surface area contributed by atoms with Gasteiger partial charge in [-0.05, 0) is 43.4 Å². The lowest BCUT2D eigenvalue weighted by Gasteiger charge is -2.08. The molecule has 0 fully saturated rings. The SMILES string of the molecule is O=C(COC(=O)c1cc2c(s1)CCCC2)Nc1cc([N+](=O)[O-])ccc1F. The lowest BCUT2D eigenvalue weighted by Crippen LogP contribution is -2.21. The molecule has 0 atom stereocenters. The van der Waals surface area contributed by atoms with Gasteiger partial charge in [-0.15, -0.1) is 11.3 Å². The molecule has 1 N–H and O–H groups in total. The number of hydrogen-bond donors (Lipinski definition) is 1. The van der Waals surface area contributed by atoms with Crippen molar-refractivity contribution in [3.63, 3.8) is 0 Å². The number of nitro groups is 1. The number of non-ortho nitro benzene ring substituents is 1. The zero-order valence-electron chi connectivity index (χ0n) is 13.6. The van der Waals surface area contributed by atoms with Crippen LogP contribution in [-0.4, -0.2) is 23.4 Å². The quantitative estimate of drug-likeness (QED) is 0.488. The standard InChI is InChI=1S/C17H15FN2O5S/c18-12-6-5-11(20(23)24)8-13(12)19-16(21)9-25-17(22)15-7-10-3-1-2-4-14(10)26-15/h5-8H,1-4,9H2,(H,19,21). The van der Waals surface area contributed by atoms with Crippen LogP contribution in [0.2, 0.25) is 0 Å². The number of hydrogen-bond acceptors (Lipinski definition) is 6. The Balaban J connectivity index is 1.59. The Morgan fingerprint density at radius 2 is 2.04 bits per heavy atom. The van der Waals surface area contributed by atoms with Crippen LogP contribution < -0.4 is 5.32 Å². The Morgan fingerprint density at radius 1 is 1.27 bits per heavy atom. The number of amides is 1. The molecule has 7 nitrogen and oxygen atoms in total. The Hall–Kier alpha value is -2.81. The second kappa shape index (κ2) is 7.61. The average Bonchev–Trinajstić information content (AvgIpc) is 3.05. The molecule has 1 aliphatic carbocycles. The highest BCUT2D eigenvalue weighted by Gasteiger charge is 2.19. The number of esters is 1. The van der Waals surface area contributed by atoms with Crippen LogP contribution >= 0.6 is 11.3 Å². The fraction of sp³-hybridized carbons (Fsp3) is 0.294. The Labute approximate surface area is 151 Å². The highest BCUT2D eigenvalue weighted by molar-refractivity contribution is 7.14. The highest BCUT2D eigenvalue weighted by Crippen LogP contribution is 2.30. The molecule has 2 aromatic rings. The minimum Gasteiger partial charge on any atom is -0.451 e. The van der Waals surface area contributed by atoms with Gasteiger partial charge in [0.2, 0.25) is 0 Å². The second-order valence-electron chi connectivity index (χ2n) is 5.81. The first kappa shape index (κ1) is 18.0. The number of fused-ring (bicyclic) bond motifs is 1. The summed E-state index contributed by atoms with van der Waals surface area (Å²) in [5.74, 6) is -2.21. The van der Waals surface area contributed by atoms with Crippen LogP contribution in [0.4, 0.5) is 15.8 Å². The first-order valence-corrected chi connectivity index (χ1v) is 8.78. The first-order valence-electron chi connectivity index (χ1n) is 7.96. The molecule has 0 unspecified atom stereocenters. The summed E-state index contributed by atoms with van der Waals surface area (Å²) in [6.07, 6.45) is 4.07. The maximum absolute atomic E-state index is 13.6. The molecule has 1 aromatic heterocycles. The van der Waals surface area contributed by atoms with E-state index in [1.165, 1.54) is 16.2 Å². The van der Waals surface area contributed by atoms with Crippen molar-refractivity contribution in [3.05, 3.63) is 55.5 Å². The van der Waals surface area contributed by atoms with Crippen LogP contribution in [0, 0.1) is 15.9 Å². The van der Waals surface area contributed by atoms with E-state index >= 15 is 0 Å². The third kappa shape index (κ3) is 4.05. The third-order valence-corrected chi connectivity index (χ3v) is 5.18. The normalized spacial score (nSPS) is 13.0. The number of anilines is 1. The molecule has 0 bridgehead atoms. The van der Waals surface area contributed by atoms with Crippen LogP contribution in [0.5, 0.6) is 0 Å². The minimum atomic E-state index is -0.818. The number of nitrogens with zero attached hydrogens (tertiary/aromatic N) is 1. The number of nitrogens with one attached hydrogen (secondary N) is 1.